The smallest absolute Gasteiger partial charge is 0.275 e. The van der Waals surface area contributed by atoms with Crippen LogP contribution in [-0.2, 0) is 6.54 Å². The molecule has 0 unspecified atom stereocenters. The predicted octanol–water partition coefficient (Wildman–Crippen LogP) is 2.90. The Morgan fingerprint density at radius 1 is 1.38 bits per heavy atom. The van der Waals surface area contributed by atoms with Crippen LogP contribution in [0.5, 0.6) is 0 Å². The van der Waals surface area contributed by atoms with Crippen LogP contribution in [0.1, 0.15) is 45.6 Å². The van der Waals surface area contributed by atoms with E-state index in [4.69, 9.17) is 0 Å². The third-order valence-corrected chi connectivity index (χ3v) is 4.01. The predicted molar refractivity (Wildman–Crippen MR) is 86.4 cm³/mol. The fourth-order valence-electron chi connectivity index (χ4n) is 3.07. The van der Waals surface area contributed by atoms with E-state index < -0.39 is 0 Å². The minimum Gasteiger partial charge on any atom is -0.355 e. The summed E-state index contributed by atoms with van der Waals surface area (Å²) in [5.41, 5.74) is 2.42. The molecular weight excluding hydrogens is 264 g/mol. The summed E-state index contributed by atoms with van der Waals surface area (Å²) >= 11 is 0. The van der Waals surface area contributed by atoms with E-state index in [9.17, 15) is 4.79 Å². The van der Waals surface area contributed by atoms with Gasteiger partial charge in [-0.25, -0.2) is 4.98 Å². The Morgan fingerprint density at radius 2 is 2.19 bits per heavy atom. The summed E-state index contributed by atoms with van der Waals surface area (Å²) in [6.07, 6.45) is 7.28. The molecule has 116 valence electrons. The molecule has 3 heterocycles. The number of nitrogens with one attached hydrogen (secondary N) is 2. The van der Waals surface area contributed by atoms with Crippen molar-refractivity contribution in [1.82, 2.24) is 19.9 Å². The second-order valence-electron chi connectivity index (χ2n) is 5.45. The van der Waals surface area contributed by atoms with Gasteiger partial charge < -0.3 is 9.97 Å². The summed E-state index contributed by atoms with van der Waals surface area (Å²) in [6.45, 7) is 9.46. The Balaban J connectivity index is 0.000000774. The molecule has 2 aromatic heterocycles. The molecule has 5 heteroatoms. The fraction of sp³-hybridized carbons (Fsp3) is 0.625. The van der Waals surface area contributed by atoms with E-state index in [0.717, 1.165) is 30.1 Å². The van der Waals surface area contributed by atoms with Crippen LogP contribution in [0.3, 0.4) is 0 Å². The molecule has 1 fully saturated rings. The van der Waals surface area contributed by atoms with Gasteiger partial charge in [-0.15, -0.1) is 0 Å². The van der Waals surface area contributed by atoms with Crippen molar-refractivity contribution in [2.75, 3.05) is 13.1 Å². The van der Waals surface area contributed by atoms with Crippen molar-refractivity contribution < 1.29 is 0 Å². The summed E-state index contributed by atoms with van der Waals surface area (Å²) in [7, 11) is 0. The van der Waals surface area contributed by atoms with Crippen LogP contribution >= 0.6 is 0 Å². The van der Waals surface area contributed by atoms with Crippen LogP contribution in [0.4, 0.5) is 0 Å². The molecule has 2 N–H and O–H groups in total. The second-order valence-corrected chi connectivity index (χ2v) is 5.45. The first-order valence-electron chi connectivity index (χ1n) is 8.04. The molecule has 1 aliphatic rings. The number of fused-ring (bicyclic) bond motifs is 1. The maximum atomic E-state index is 11.6. The first kappa shape index (κ1) is 15.8. The number of likely N-dealkylation sites (tertiary alicyclic amines) is 1. The molecule has 5 nitrogen and oxygen atoms in total. The minimum absolute atomic E-state index is 0.0958. The number of aromatic nitrogens is 3. The van der Waals surface area contributed by atoms with Crippen LogP contribution < -0.4 is 5.56 Å². The average Bonchev–Trinajstić information content (AvgIpc) is 3.11. The molecule has 0 saturated carbocycles. The highest BCUT2D eigenvalue weighted by atomic mass is 16.1. The molecule has 3 rings (SSSR count). The monoisotopic (exact) mass is 290 g/mol. The molecular formula is C16H26N4O. The second kappa shape index (κ2) is 7.41. The van der Waals surface area contributed by atoms with Crippen LogP contribution in [0.2, 0.25) is 0 Å². The lowest BCUT2D eigenvalue weighted by Gasteiger charge is -2.14. The van der Waals surface area contributed by atoms with Crippen molar-refractivity contribution >= 4 is 11.0 Å². The lowest BCUT2D eigenvalue weighted by molar-refractivity contribution is 0.314. The summed E-state index contributed by atoms with van der Waals surface area (Å²) in [5, 5.41) is 0. The van der Waals surface area contributed by atoms with E-state index >= 15 is 0 Å². The summed E-state index contributed by atoms with van der Waals surface area (Å²) < 4.78 is 0. The van der Waals surface area contributed by atoms with E-state index in [2.05, 4.69) is 26.8 Å². The van der Waals surface area contributed by atoms with Crippen molar-refractivity contribution in [3.63, 3.8) is 0 Å². The van der Waals surface area contributed by atoms with Crippen molar-refractivity contribution in [2.45, 2.75) is 46.6 Å². The van der Waals surface area contributed by atoms with Crippen LogP contribution in [0, 0.1) is 5.92 Å². The fourth-order valence-corrected chi connectivity index (χ4v) is 3.07. The van der Waals surface area contributed by atoms with Gasteiger partial charge in [-0.2, -0.15) is 0 Å². The highest BCUT2D eigenvalue weighted by molar-refractivity contribution is 5.77. The summed E-state index contributed by atoms with van der Waals surface area (Å²) in [6, 6.07) is 0. The van der Waals surface area contributed by atoms with Crippen LogP contribution in [0.15, 0.2) is 17.3 Å². The third-order valence-electron chi connectivity index (χ3n) is 4.01. The first-order chi connectivity index (χ1) is 10.3. The van der Waals surface area contributed by atoms with E-state index in [1.54, 1.807) is 0 Å². The van der Waals surface area contributed by atoms with E-state index in [1.165, 1.54) is 32.1 Å². The van der Waals surface area contributed by atoms with Gasteiger partial charge in [0.25, 0.3) is 5.56 Å². The number of rotatable bonds is 4. The van der Waals surface area contributed by atoms with Crippen molar-refractivity contribution in [1.29, 1.82) is 0 Å². The van der Waals surface area contributed by atoms with Gasteiger partial charge >= 0.3 is 0 Å². The maximum Gasteiger partial charge on any atom is 0.275 e. The number of hydrogen-bond acceptors (Lipinski definition) is 3. The first-order valence-corrected chi connectivity index (χ1v) is 8.04. The van der Waals surface area contributed by atoms with E-state index in [0.29, 0.717) is 5.52 Å². The molecule has 1 aliphatic heterocycles. The molecule has 0 amide bonds. The van der Waals surface area contributed by atoms with E-state index in [1.807, 2.05) is 20.0 Å². The zero-order chi connectivity index (χ0) is 15.2. The van der Waals surface area contributed by atoms with Gasteiger partial charge in [0.1, 0.15) is 5.52 Å². The Bertz CT molecular complexity index is 616. The molecule has 0 bridgehead atoms. The molecule has 21 heavy (non-hydrogen) atoms. The van der Waals surface area contributed by atoms with Gasteiger partial charge in [0.15, 0.2) is 0 Å². The lowest BCUT2D eigenvalue weighted by Crippen LogP contribution is -2.20. The molecule has 0 aliphatic carbocycles. The SMILES string of the molecule is CC.CCC[C@@H]1CCN(Cc2c[nH]c3c(=O)[nH]cnc23)C1. The molecule has 2 aromatic rings. The van der Waals surface area contributed by atoms with Crippen molar-refractivity contribution in [2.24, 2.45) is 5.92 Å². The van der Waals surface area contributed by atoms with Crippen LogP contribution in [0.25, 0.3) is 11.0 Å². The molecule has 0 aromatic carbocycles. The molecule has 1 atom stereocenters. The molecule has 0 spiro atoms. The Labute approximate surface area is 125 Å². The zero-order valence-electron chi connectivity index (χ0n) is 13.3. The Kier molecular flexibility index (Phi) is 5.56. The zero-order valence-corrected chi connectivity index (χ0v) is 13.3. The lowest BCUT2D eigenvalue weighted by atomic mass is 10.0. The van der Waals surface area contributed by atoms with Gasteiger partial charge in [0.05, 0.1) is 11.8 Å². The summed E-state index contributed by atoms with van der Waals surface area (Å²) in [5.74, 6) is 0.839. The Morgan fingerprint density at radius 3 is 2.95 bits per heavy atom. The summed E-state index contributed by atoms with van der Waals surface area (Å²) in [4.78, 5) is 24.0. The minimum atomic E-state index is -0.0958. The molecule has 1 saturated heterocycles. The van der Waals surface area contributed by atoms with Gasteiger partial charge in [0.2, 0.25) is 0 Å². The van der Waals surface area contributed by atoms with Gasteiger partial charge in [-0.3, -0.25) is 9.69 Å². The number of aromatic amines is 2. The number of hydrogen-bond donors (Lipinski definition) is 2. The largest absolute Gasteiger partial charge is 0.355 e. The maximum absolute atomic E-state index is 11.6. The highest BCUT2D eigenvalue weighted by Crippen LogP contribution is 2.23. The number of H-pyrrole nitrogens is 2. The van der Waals surface area contributed by atoms with Crippen molar-refractivity contribution in [3.8, 4) is 0 Å². The standard InChI is InChI=1S/C14H20N4O.C2H6/c1-2-3-10-4-5-18(7-10)8-11-6-15-13-12(11)16-9-17-14(13)19;1-2/h6,9-10,15H,2-5,7-8H2,1H3,(H,16,17,19);1-2H3/t10-;/m1./s1. The van der Waals surface area contributed by atoms with Crippen molar-refractivity contribution in [3.05, 3.63) is 28.4 Å². The van der Waals surface area contributed by atoms with Gasteiger partial charge in [-0.1, -0.05) is 27.2 Å². The topological polar surface area (TPSA) is 64.8 Å². The van der Waals surface area contributed by atoms with Gasteiger partial charge in [0, 0.05) is 24.8 Å². The Hall–Kier alpha value is -1.62. The highest BCUT2D eigenvalue weighted by Gasteiger charge is 2.22. The van der Waals surface area contributed by atoms with Gasteiger partial charge in [-0.05, 0) is 25.3 Å². The third kappa shape index (κ3) is 3.53. The average molecular weight is 290 g/mol. The van der Waals surface area contributed by atoms with E-state index in [-0.39, 0.29) is 5.56 Å². The quantitative estimate of drug-likeness (QED) is 0.910. The molecule has 0 radical (unpaired) electrons. The normalized spacial score (nSPS) is 18.7. The number of nitrogens with zero attached hydrogens (tertiary/aromatic N) is 2. The van der Waals surface area contributed by atoms with Crippen LogP contribution in [-0.4, -0.2) is 32.9 Å².